The molecule has 0 unspecified atom stereocenters. The van der Waals surface area contributed by atoms with Gasteiger partial charge in [-0.15, -0.1) is 0 Å². The summed E-state index contributed by atoms with van der Waals surface area (Å²) < 4.78 is 11.6. The Balaban J connectivity index is 2.65. The Labute approximate surface area is 118 Å². The van der Waals surface area contributed by atoms with Gasteiger partial charge in [0.2, 0.25) is 0 Å². The van der Waals surface area contributed by atoms with Crippen LogP contribution in [0, 0.1) is 5.92 Å². The molecule has 0 spiro atoms. The Hall–Kier alpha value is -0.740. The summed E-state index contributed by atoms with van der Waals surface area (Å²) in [5.74, 6) is 2.24. The van der Waals surface area contributed by atoms with Crippen molar-refractivity contribution in [3.8, 4) is 11.5 Å². The van der Waals surface area contributed by atoms with Gasteiger partial charge in [-0.1, -0.05) is 29.8 Å². The van der Waals surface area contributed by atoms with E-state index in [1.807, 2.05) is 12.1 Å². The number of hydrogen-bond acceptors (Lipinski definition) is 3. The van der Waals surface area contributed by atoms with Crippen LogP contribution in [0.25, 0.3) is 0 Å². The topological polar surface area (TPSA) is 30.5 Å². The minimum atomic E-state index is 0.728. The lowest BCUT2D eigenvalue weighted by Gasteiger charge is -2.13. The van der Waals surface area contributed by atoms with Gasteiger partial charge in [-0.2, -0.15) is 0 Å². The summed E-state index contributed by atoms with van der Waals surface area (Å²) in [6.45, 7) is 6.31. The highest BCUT2D eigenvalue weighted by molar-refractivity contribution is 9.10. The van der Waals surface area contributed by atoms with Crippen LogP contribution < -0.4 is 14.8 Å². The zero-order valence-electron chi connectivity index (χ0n) is 11.5. The first kappa shape index (κ1) is 15.3. The van der Waals surface area contributed by atoms with Crippen LogP contribution in [-0.2, 0) is 6.54 Å². The molecule has 0 fully saturated rings. The summed E-state index contributed by atoms with van der Waals surface area (Å²) in [4.78, 5) is 0. The van der Waals surface area contributed by atoms with Crippen LogP contribution in [0.4, 0.5) is 0 Å². The quantitative estimate of drug-likeness (QED) is 0.780. The smallest absolute Gasteiger partial charge is 0.161 e. The molecule has 0 aromatic heterocycles. The number of hydrogen-bond donors (Lipinski definition) is 1. The first-order valence-electron chi connectivity index (χ1n) is 6.19. The van der Waals surface area contributed by atoms with E-state index in [1.165, 1.54) is 12.0 Å². The van der Waals surface area contributed by atoms with Gasteiger partial charge in [-0.3, -0.25) is 0 Å². The van der Waals surface area contributed by atoms with Crippen LogP contribution in [-0.4, -0.2) is 20.8 Å². The number of rotatable bonds is 7. The van der Waals surface area contributed by atoms with Crippen LogP contribution in [0.3, 0.4) is 0 Å². The zero-order chi connectivity index (χ0) is 13.5. The Bertz CT molecular complexity index is 380. The minimum absolute atomic E-state index is 0.728. The maximum atomic E-state index is 5.30. The Morgan fingerprint density at radius 1 is 1.17 bits per heavy atom. The van der Waals surface area contributed by atoms with Gasteiger partial charge in [-0.25, -0.2) is 0 Å². The van der Waals surface area contributed by atoms with E-state index in [2.05, 4.69) is 35.1 Å². The Morgan fingerprint density at radius 3 is 2.33 bits per heavy atom. The Kier molecular flexibility index (Phi) is 6.50. The summed E-state index contributed by atoms with van der Waals surface area (Å²) in [7, 11) is 3.30. The van der Waals surface area contributed by atoms with Crippen molar-refractivity contribution in [2.24, 2.45) is 5.92 Å². The lowest BCUT2D eigenvalue weighted by atomic mass is 10.1. The fraction of sp³-hybridized carbons (Fsp3) is 0.571. The molecule has 0 amide bonds. The van der Waals surface area contributed by atoms with E-state index in [-0.39, 0.29) is 0 Å². The second-order valence-corrected chi connectivity index (χ2v) is 5.51. The number of halogens is 1. The fourth-order valence-corrected chi connectivity index (χ4v) is 2.11. The van der Waals surface area contributed by atoms with Crippen LogP contribution >= 0.6 is 15.9 Å². The van der Waals surface area contributed by atoms with Gasteiger partial charge < -0.3 is 14.8 Å². The molecule has 1 aromatic carbocycles. The van der Waals surface area contributed by atoms with E-state index in [9.17, 15) is 0 Å². The highest BCUT2D eigenvalue weighted by Gasteiger charge is 2.09. The molecular weight excluding hydrogens is 294 g/mol. The number of ether oxygens (including phenoxy) is 2. The highest BCUT2D eigenvalue weighted by Crippen LogP contribution is 2.33. The zero-order valence-corrected chi connectivity index (χ0v) is 13.1. The van der Waals surface area contributed by atoms with Crippen LogP contribution in [0.15, 0.2) is 16.6 Å². The second kappa shape index (κ2) is 7.64. The third kappa shape index (κ3) is 4.50. The largest absolute Gasteiger partial charge is 0.493 e. The normalized spacial score (nSPS) is 10.8. The lowest BCUT2D eigenvalue weighted by molar-refractivity contribution is 0.354. The van der Waals surface area contributed by atoms with Crippen molar-refractivity contribution in [1.82, 2.24) is 5.32 Å². The summed E-state index contributed by atoms with van der Waals surface area (Å²) in [6.07, 6.45) is 1.19. The van der Waals surface area contributed by atoms with Gasteiger partial charge in [0.05, 0.1) is 14.2 Å². The SMILES string of the molecule is COc1cc(Br)c(CNCCC(C)C)cc1OC. The van der Waals surface area contributed by atoms with Gasteiger partial charge in [0.1, 0.15) is 0 Å². The lowest BCUT2D eigenvalue weighted by Crippen LogP contribution is -2.16. The molecule has 18 heavy (non-hydrogen) atoms. The van der Waals surface area contributed by atoms with Crippen molar-refractivity contribution in [3.05, 3.63) is 22.2 Å². The van der Waals surface area contributed by atoms with Crippen LogP contribution in [0.5, 0.6) is 11.5 Å². The molecule has 4 heteroatoms. The van der Waals surface area contributed by atoms with Gasteiger partial charge in [0.25, 0.3) is 0 Å². The standard InChI is InChI=1S/C14H22BrNO2/c1-10(2)5-6-16-9-11-7-13(17-3)14(18-4)8-12(11)15/h7-8,10,16H,5-6,9H2,1-4H3. The summed E-state index contributed by atoms with van der Waals surface area (Å²) in [5.41, 5.74) is 1.18. The minimum Gasteiger partial charge on any atom is -0.493 e. The molecule has 0 heterocycles. The van der Waals surface area contributed by atoms with E-state index in [1.54, 1.807) is 14.2 Å². The molecule has 102 valence electrons. The molecule has 0 bridgehead atoms. The number of methoxy groups -OCH3 is 2. The van der Waals surface area contributed by atoms with Gasteiger partial charge in [-0.05, 0) is 36.6 Å². The van der Waals surface area contributed by atoms with Crippen LogP contribution in [0.1, 0.15) is 25.8 Å². The first-order valence-corrected chi connectivity index (χ1v) is 6.99. The van der Waals surface area contributed by atoms with Crippen LogP contribution in [0.2, 0.25) is 0 Å². The summed E-state index contributed by atoms with van der Waals surface area (Å²) in [5, 5.41) is 3.44. The molecule has 0 atom stereocenters. The van der Waals surface area contributed by atoms with Crippen molar-refractivity contribution < 1.29 is 9.47 Å². The van der Waals surface area contributed by atoms with E-state index in [4.69, 9.17) is 9.47 Å². The molecule has 0 aliphatic carbocycles. The van der Waals surface area contributed by atoms with E-state index in [0.717, 1.165) is 35.0 Å². The van der Waals surface area contributed by atoms with E-state index in [0.29, 0.717) is 0 Å². The van der Waals surface area contributed by atoms with E-state index < -0.39 is 0 Å². The molecule has 0 radical (unpaired) electrons. The molecule has 0 saturated carbocycles. The van der Waals surface area contributed by atoms with Gasteiger partial charge in [0, 0.05) is 11.0 Å². The molecule has 0 aliphatic rings. The monoisotopic (exact) mass is 315 g/mol. The average molecular weight is 316 g/mol. The third-order valence-corrected chi connectivity index (χ3v) is 3.50. The van der Waals surface area contributed by atoms with Crippen molar-refractivity contribution in [3.63, 3.8) is 0 Å². The average Bonchev–Trinajstić information content (AvgIpc) is 2.35. The maximum Gasteiger partial charge on any atom is 0.161 e. The Morgan fingerprint density at radius 2 is 1.78 bits per heavy atom. The van der Waals surface area contributed by atoms with Crippen molar-refractivity contribution >= 4 is 15.9 Å². The van der Waals surface area contributed by atoms with Crippen molar-refractivity contribution in [2.45, 2.75) is 26.8 Å². The predicted molar refractivity (Wildman–Crippen MR) is 78.4 cm³/mol. The molecule has 1 N–H and O–H groups in total. The summed E-state index contributed by atoms with van der Waals surface area (Å²) in [6, 6.07) is 3.95. The molecule has 1 aromatic rings. The molecule has 0 aliphatic heterocycles. The first-order chi connectivity index (χ1) is 8.58. The second-order valence-electron chi connectivity index (χ2n) is 4.66. The molecule has 3 nitrogen and oxygen atoms in total. The third-order valence-electron chi connectivity index (χ3n) is 2.77. The van der Waals surface area contributed by atoms with Gasteiger partial charge >= 0.3 is 0 Å². The molecule has 0 saturated heterocycles. The fourth-order valence-electron chi connectivity index (χ4n) is 1.65. The number of benzene rings is 1. The van der Waals surface area contributed by atoms with E-state index >= 15 is 0 Å². The highest BCUT2D eigenvalue weighted by atomic mass is 79.9. The van der Waals surface area contributed by atoms with Gasteiger partial charge in [0.15, 0.2) is 11.5 Å². The maximum absolute atomic E-state index is 5.30. The molecular formula is C14H22BrNO2. The predicted octanol–water partition coefficient (Wildman–Crippen LogP) is 3.60. The number of nitrogens with one attached hydrogen (secondary N) is 1. The summed E-state index contributed by atoms with van der Waals surface area (Å²) >= 11 is 3.56. The van der Waals surface area contributed by atoms with Crippen molar-refractivity contribution in [1.29, 1.82) is 0 Å². The molecule has 1 rings (SSSR count). The van der Waals surface area contributed by atoms with Crippen molar-refractivity contribution in [2.75, 3.05) is 20.8 Å².